The van der Waals surface area contributed by atoms with Crippen LogP contribution in [0.4, 0.5) is 5.69 Å². The molecule has 3 aromatic rings. The summed E-state index contributed by atoms with van der Waals surface area (Å²) in [5.41, 5.74) is 2.89. The Hall–Kier alpha value is -3.19. The normalized spacial score (nSPS) is 13.7. The molecule has 30 heavy (non-hydrogen) atoms. The van der Waals surface area contributed by atoms with Crippen LogP contribution in [0.1, 0.15) is 15.9 Å². The van der Waals surface area contributed by atoms with Crippen molar-refractivity contribution in [3.8, 4) is 11.4 Å². The molecule has 0 aliphatic carbocycles. The lowest BCUT2D eigenvalue weighted by molar-refractivity contribution is -0.130. The van der Waals surface area contributed by atoms with E-state index in [2.05, 4.69) is 15.3 Å². The second-order valence-corrected chi connectivity index (χ2v) is 8.21. The van der Waals surface area contributed by atoms with Crippen molar-refractivity contribution in [2.24, 2.45) is 0 Å². The van der Waals surface area contributed by atoms with Crippen molar-refractivity contribution in [2.45, 2.75) is 6.42 Å². The van der Waals surface area contributed by atoms with Crippen LogP contribution in [0.15, 0.2) is 67.0 Å². The molecule has 1 aliphatic heterocycles. The van der Waals surface area contributed by atoms with E-state index < -0.39 is 0 Å². The topological polar surface area (TPSA) is 75.2 Å². The molecule has 2 aromatic carbocycles. The number of amides is 2. The van der Waals surface area contributed by atoms with Gasteiger partial charge in [0.05, 0.1) is 12.0 Å². The first-order chi connectivity index (χ1) is 14.7. The summed E-state index contributed by atoms with van der Waals surface area (Å²) in [4.78, 5) is 35.4. The number of nitrogens with zero attached hydrogens (tertiary/aromatic N) is 3. The van der Waals surface area contributed by atoms with Crippen LogP contribution in [0.2, 0.25) is 0 Å². The van der Waals surface area contributed by atoms with E-state index in [0.717, 1.165) is 35.7 Å². The van der Waals surface area contributed by atoms with Gasteiger partial charge in [-0.1, -0.05) is 42.5 Å². The molecule has 1 fully saturated rings. The smallest absolute Gasteiger partial charge is 0.258 e. The molecule has 0 spiro atoms. The van der Waals surface area contributed by atoms with Crippen molar-refractivity contribution in [3.05, 3.63) is 78.1 Å². The van der Waals surface area contributed by atoms with Gasteiger partial charge in [0.25, 0.3) is 5.91 Å². The van der Waals surface area contributed by atoms with Crippen molar-refractivity contribution < 1.29 is 9.59 Å². The number of carbonyl (C=O) groups excluding carboxylic acids is 2. The third-order valence-electron chi connectivity index (χ3n) is 4.88. The molecule has 0 unspecified atom stereocenters. The zero-order valence-electron chi connectivity index (χ0n) is 16.5. The highest BCUT2D eigenvalue weighted by Gasteiger charge is 2.17. The fourth-order valence-electron chi connectivity index (χ4n) is 3.19. The van der Waals surface area contributed by atoms with Crippen LogP contribution in [0.5, 0.6) is 0 Å². The summed E-state index contributed by atoms with van der Waals surface area (Å²) >= 11 is 1.88. The molecule has 1 aliphatic rings. The summed E-state index contributed by atoms with van der Waals surface area (Å²) in [6.07, 6.45) is 3.43. The highest BCUT2D eigenvalue weighted by molar-refractivity contribution is 7.99. The van der Waals surface area contributed by atoms with Gasteiger partial charge < -0.3 is 10.2 Å². The van der Waals surface area contributed by atoms with Gasteiger partial charge in [-0.05, 0) is 17.7 Å². The van der Waals surface area contributed by atoms with Crippen LogP contribution in [0, 0.1) is 0 Å². The molecule has 0 bridgehead atoms. The average Bonchev–Trinajstić information content (AvgIpc) is 2.81. The molecule has 6 nitrogen and oxygen atoms in total. The number of anilines is 1. The van der Waals surface area contributed by atoms with Gasteiger partial charge >= 0.3 is 0 Å². The summed E-state index contributed by atoms with van der Waals surface area (Å²) in [6.45, 7) is 1.64. The molecule has 0 saturated carbocycles. The largest absolute Gasteiger partial charge is 0.341 e. The first kappa shape index (κ1) is 20.1. The van der Waals surface area contributed by atoms with Gasteiger partial charge in [-0.25, -0.2) is 9.97 Å². The summed E-state index contributed by atoms with van der Waals surface area (Å²) in [6, 6.07) is 17.0. The average molecular weight is 419 g/mol. The molecular weight excluding hydrogens is 396 g/mol. The summed E-state index contributed by atoms with van der Waals surface area (Å²) in [5.74, 6) is 2.47. The second kappa shape index (κ2) is 9.54. The SMILES string of the molecule is O=C(Nc1ccc(CC(=O)N2CCSCC2)cc1)c1cnc(-c2ccccc2)nc1. The number of thioether (sulfide) groups is 1. The van der Waals surface area contributed by atoms with Crippen molar-refractivity contribution in [1.82, 2.24) is 14.9 Å². The van der Waals surface area contributed by atoms with Gasteiger partial charge in [-0.2, -0.15) is 11.8 Å². The van der Waals surface area contributed by atoms with E-state index in [9.17, 15) is 9.59 Å². The summed E-state index contributed by atoms with van der Waals surface area (Å²) in [7, 11) is 0. The number of rotatable bonds is 5. The minimum atomic E-state index is -0.274. The Bertz CT molecular complexity index is 1000. The predicted octanol–water partition coefficient (Wildman–Crippen LogP) is 3.51. The zero-order chi connectivity index (χ0) is 20.8. The lowest BCUT2D eigenvalue weighted by Gasteiger charge is -2.26. The van der Waals surface area contributed by atoms with E-state index in [-0.39, 0.29) is 11.8 Å². The van der Waals surface area contributed by atoms with Crippen molar-refractivity contribution in [1.29, 1.82) is 0 Å². The first-order valence-electron chi connectivity index (χ1n) is 9.82. The standard InChI is InChI=1S/C23H22N4O2S/c28-21(27-10-12-30-13-11-27)14-17-6-8-20(9-7-17)26-23(29)19-15-24-22(25-16-19)18-4-2-1-3-5-18/h1-9,15-16H,10-14H2,(H,26,29). The lowest BCUT2D eigenvalue weighted by atomic mass is 10.1. The van der Waals surface area contributed by atoms with Crippen molar-refractivity contribution >= 4 is 29.3 Å². The Morgan fingerprint density at radius 3 is 2.27 bits per heavy atom. The van der Waals surface area contributed by atoms with Gasteiger partial charge in [0.2, 0.25) is 5.91 Å². The minimum Gasteiger partial charge on any atom is -0.341 e. The van der Waals surface area contributed by atoms with Gasteiger partial charge in [-0.15, -0.1) is 0 Å². The van der Waals surface area contributed by atoms with Gasteiger partial charge in [0.1, 0.15) is 0 Å². The monoisotopic (exact) mass is 418 g/mol. The van der Waals surface area contributed by atoms with E-state index in [0.29, 0.717) is 23.5 Å². The molecule has 4 rings (SSSR count). The number of benzene rings is 2. The van der Waals surface area contributed by atoms with E-state index in [1.54, 1.807) is 0 Å². The maximum atomic E-state index is 12.5. The third-order valence-corrected chi connectivity index (χ3v) is 5.82. The molecule has 2 heterocycles. The van der Waals surface area contributed by atoms with Crippen LogP contribution >= 0.6 is 11.8 Å². The highest BCUT2D eigenvalue weighted by Crippen LogP contribution is 2.16. The summed E-state index contributed by atoms with van der Waals surface area (Å²) in [5, 5.41) is 2.84. The van der Waals surface area contributed by atoms with Gasteiger partial charge in [0, 0.05) is 48.2 Å². The molecule has 2 amide bonds. The predicted molar refractivity (Wildman–Crippen MR) is 119 cm³/mol. The van der Waals surface area contributed by atoms with Gasteiger partial charge in [-0.3, -0.25) is 9.59 Å². The van der Waals surface area contributed by atoms with E-state index in [1.807, 2.05) is 71.3 Å². The number of aromatic nitrogens is 2. The molecular formula is C23H22N4O2S. The second-order valence-electron chi connectivity index (χ2n) is 6.98. The van der Waals surface area contributed by atoms with E-state index >= 15 is 0 Å². The molecule has 0 atom stereocenters. The van der Waals surface area contributed by atoms with E-state index in [4.69, 9.17) is 0 Å². The minimum absolute atomic E-state index is 0.155. The quantitative estimate of drug-likeness (QED) is 0.686. The van der Waals surface area contributed by atoms with Crippen LogP contribution < -0.4 is 5.32 Å². The Labute approximate surface area is 179 Å². The Morgan fingerprint density at radius 2 is 1.60 bits per heavy atom. The van der Waals surface area contributed by atoms with Crippen LogP contribution in [-0.4, -0.2) is 51.3 Å². The van der Waals surface area contributed by atoms with Crippen LogP contribution in [-0.2, 0) is 11.2 Å². The number of hydrogen-bond donors (Lipinski definition) is 1. The number of hydrogen-bond acceptors (Lipinski definition) is 5. The lowest BCUT2D eigenvalue weighted by Crippen LogP contribution is -2.38. The first-order valence-corrected chi connectivity index (χ1v) is 11.0. The maximum absolute atomic E-state index is 12.5. The fraction of sp³-hybridized carbons (Fsp3) is 0.217. The molecule has 1 saturated heterocycles. The molecule has 0 radical (unpaired) electrons. The number of nitrogens with one attached hydrogen (secondary N) is 1. The van der Waals surface area contributed by atoms with Crippen molar-refractivity contribution in [3.63, 3.8) is 0 Å². The molecule has 1 N–H and O–H groups in total. The Morgan fingerprint density at radius 1 is 0.933 bits per heavy atom. The van der Waals surface area contributed by atoms with E-state index in [1.165, 1.54) is 12.4 Å². The Balaban J connectivity index is 1.35. The molecule has 1 aromatic heterocycles. The molecule has 7 heteroatoms. The zero-order valence-corrected chi connectivity index (χ0v) is 17.3. The van der Waals surface area contributed by atoms with Crippen LogP contribution in [0.3, 0.4) is 0 Å². The fourth-order valence-corrected chi connectivity index (χ4v) is 4.09. The number of carbonyl (C=O) groups is 2. The Kier molecular flexibility index (Phi) is 6.39. The summed E-state index contributed by atoms with van der Waals surface area (Å²) < 4.78 is 0. The highest BCUT2D eigenvalue weighted by atomic mass is 32.2. The van der Waals surface area contributed by atoms with Gasteiger partial charge in [0.15, 0.2) is 5.82 Å². The van der Waals surface area contributed by atoms with Crippen LogP contribution in [0.25, 0.3) is 11.4 Å². The maximum Gasteiger partial charge on any atom is 0.258 e. The molecule has 152 valence electrons. The van der Waals surface area contributed by atoms with Crippen molar-refractivity contribution in [2.75, 3.05) is 29.9 Å². The third kappa shape index (κ3) is 5.04.